The van der Waals surface area contributed by atoms with Crippen molar-refractivity contribution in [1.82, 2.24) is 9.88 Å². The molecule has 114 valence electrons. The molecular weight excluding hydrogens is 292 g/mol. The Morgan fingerprint density at radius 3 is 2.86 bits per heavy atom. The van der Waals surface area contributed by atoms with Gasteiger partial charge in [-0.3, -0.25) is 4.79 Å². The van der Waals surface area contributed by atoms with Crippen LogP contribution in [0, 0.1) is 0 Å². The Labute approximate surface area is 129 Å². The van der Waals surface area contributed by atoms with Gasteiger partial charge in [0.15, 0.2) is 0 Å². The van der Waals surface area contributed by atoms with Crippen LogP contribution in [0.25, 0.3) is 0 Å². The SMILES string of the molecule is O=C(c1cnc(OC2CCOC2)c(Cl)c1)N1CCCCC1. The molecule has 0 saturated carbocycles. The molecule has 0 aromatic carbocycles. The van der Waals surface area contributed by atoms with Crippen LogP contribution in [0.1, 0.15) is 36.0 Å². The van der Waals surface area contributed by atoms with E-state index in [-0.39, 0.29) is 12.0 Å². The van der Waals surface area contributed by atoms with E-state index in [1.54, 1.807) is 12.3 Å². The molecule has 6 heteroatoms. The van der Waals surface area contributed by atoms with Crippen LogP contribution < -0.4 is 4.74 Å². The summed E-state index contributed by atoms with van der Waals surface area (Å²) in [6, 6.07) is 1.65. The monoisotopic (exact) mass is 310 g/mol. The maximum atomic E-state index is 12.4. The maximum absolute atomic E-state index is 12.4. The van der Waals surface area contributed by atoms with Crippen LogP contribution in [0.15, 0.2) is 12.3 Å². The van der Waals surface area contributed by atoms with E-state index < -0.39 is 0 Å². The van der Waals surface area contributed by atoms with E-state index in [2.05, 4.69) is 4.98 Å². The summed E-state index contributed by atoms with van der Waals surface area (Å²) in [7, 11) is 0. The molecule has 1 aromatic rings. The average molecular weight is 311 g/mol. The molecule has 3 rings (SSSR count). The highest BCUT2D eigenvalue weighted by Gasteiger charge is 2.22. The van der Waals surface area contributed by atoms with Gasteiger partial charge in [0.1, 0.15) is 11.1 Å². The minimum absolute atomic E-state index is 0.000139. The molecule has 0 bridgehead atoms. The smallest absolute Gasteiger partial charge is 0.255 e. The minimum atomic E-state index is -0.00125. The molecule has 5 nitrogen and oxygen atoms in total. The first-order valence-electron chi connectivity index (χ1n) is 7.43. The highest BCUT2D eigenvalue weighted by atomic mass is 35.5. The van der Waals surface area contributed by atoms with Crippen molar-refractivity contribution in [2.24, 2.45) is 0 Å². The van der Waals surface area contributed by atoms with Crippen molar-refractivity contribution >= 4 is 17.5 Å². The summed E-state index contributed by atoms with van der Waals surface area (Å²) < 4.78 is 10.9. The van der Waals surface area contributed by atoms with Gasteiger partial charge in [-0.05, 0) is 25.3 Å². The standard InChI is InChI=1S/C15H19ClN2O3/c16-13-8-11(15(19)18-5-2-1-3-6-18)9-17-14(13)21-12-4-7-20-10-12/h8-9,12H,1-7,10H2. The fourth-order valence-corrected chi connectivity index (χ4v) is 2.88. The molecule has 2 aliphatic rings. The third kappa shape index (κ3) is 3.47. The lowest BCUT2D eigenvalue weighted by Gasteiger charge is -2.26. The number of carbonyl (C=O) groups excluding carboxylic acids is 1. The normalized spacial score (nSPS) is 22.3. The van der Waals surface area contributed by atoms with Crippen LogP contribution in [0.4, 0.5) is 0 Å². The Balaban J connectivity index is 1.69. The van der Waals surface area contributed by atoms with Gasteiger partial charge in [0.2, 0.25) is 5.88 Å². The van der Waals surface area contributed by atoms with Crippen molar-refractivity contribution in [3.63, 3.8) is 0 Å². The van der Waals surface area contributed by atoms with Gasteiger partial charge in [-0.1, -0.05) is 11.6 Å². The quantitative estimate of drug-likeness (QED) is 0.861. The number of pyridine rings is 1. The van der Waals surface area contributed by atoms with Gasteiger partial charge in [0, 0.05) is 25.7 Å². The number of hydrogen-bond donors (Lipinski definition) is 0. The molecular formula is C15H19ClN2O3. The van der Waals surface area contributed by atoms with Crippen molar-refractivity contribution in [2.75, 3.05) is 26.3 Å². The first-order valence-corrected chi connectivity index (χ1v) is 7.81. The van der Waals surface area contributed by atoms with Gasteiger partial charge in [0.05, 0.1) is 18.8 Å². The lowest BCUT2D eigenvalue weighted by atomic mass is 10.1. The van der Waals surface area contributed by atoms with E-state index in [0.29, 0.717) is 29.7 Å². The van der Waals surface area contributed by atoms with E-state index in [1.807, 2.05) is 4.90 Å². The van der Waals surface area contributed by atoms with E-state index in [4.69, 9.17) is 21.1 Å². The minimum Gasteiger partial charge on any atom is -0.471 e. The predicted octanol–water partition coefficient (Wildman–Crippen LogP) is 2.53. The second-order valence-corrected chi connectivity index (χ2v) is 5.87. The Hall–Kier alpha value is -1.33. The Morgan fingerprint density at radius 2 is 2.19 bits per heavy atom. The summed E-state index contributed by atoms with van der Waals surface area (Å²) in [6.45, 7) is 2.89. The highest BCUT2D eigenvalue weighted by molar-refractivity contribution is 6.32. The van der Waals surface area contributed by atoms with Crippen molar-refractivity contribution < 1.29 is 14.3 Å². The van der Waals surface area contributed by atoms with E-state index >= 15 is 0 Å². The van der Waals surface area contributed by atoms with Crippen LogP contribution in [-0.4, -0.2) is 48.2 Å². The lowest BCUT2D eigenvalue weighted by Crippen LogP contribution is -2.35. The Kier molecular flexibility index (Phi) is 4.60. The summed E-state index contributed by atoms with van der Waals surface area (Å²) in [6.07, 6.45) is 5.71. The van der Waals surface area contributed by atoms with Gasteiger partial charge in [-0.25, -0.2) is 4.98 Å². The molecule has 2 aliphatic heterocycles. The van der Waals surface area contributed by atoms with Crippen LogP contribution in [0.2, 0.25) is 5.02 Å². The number of hydrogen-bond acceptors (Lipinski definition) is 4. The van der Waals surface area contributed by atoms with Crippen molar-refractivity contribution in [3.8, 4) is 5.88 Å². The zero-order valence-corrected chi connectivity index (χ0v) is 12.6. The zero-order valence-electron chi connectivity index (χ0n) is 11.9. The molecule has 1 amide bonds. The van der Waals surface area contributed by atoms with Crippen LogP contribution >= 0.6 is 11.6 Å². The molecule has 1 atom stereocenters. The summed E-state index contributed by atoms with van der Waals surface area (Å²) >= 11 is 6.19. The predicted molar refractivity (Wildman–Crippen MR) is 78.9 cm³/mol. The number of halogens is 1. The lowest BCUT2D eigenvalue weighted by molar-refractivity contribution is 0.0723. The summed E-state index contributed by atoms with van der Waals surface area (Å²) in [4.78, 5) is 18.4. The van der Waals surface area contributed by atoms with Crippen molar-refractivity contribution in [1.29, 1.82) is 0 Å². The fourth-order valence-electron chi connectivity index (χ4n) is 2.67. The number of nitrogens with zero attached hydrogens (tertiary/aromatic N) is 2. The molecule has 1 aromatic heterocycles. The molecule has 2 saturated heterocycles. The van der Waals surface area contributed by atoms with Gasteiger partial charge in [-0.15, -0.1) is 0 Å². The first kappa shape index (κ1) is 14.6. The number of rotatable bonds is 3. The molecule has 21 heavy (non-hydrogen) atoms. The molecule has 0 radical (unpaired) electrons. The number of amides is 1. The van der Waals surface area contributed by atoms with Crippen LogP contribution in [0.3, 0.4) is 0 Å². The Bertz CT molecular complexity index is 512. The summed E-state index contributed by atoms with van der Waals surface area (Å²) in [5.41, 5.74) is 0.525. The van der Waals surface area contributed by atoms with Gasteiger partial charge in [-0.2, -0.15) is 0 Å². The fraction of sp³-hybridized carbons (Fsp3) is 0.600. The maximum Gasteiger partial charge on any atom is 0.255 e. The van der Waals surface area contributed by atoms with E-state index in [9.17, 15) is 4.79 Å². The average Bonchev–Trinajstić information content (AvgIpc) is 3.02. The highest BCUT2D eigenvalue weighted by Crippen LogP contribution is 2.26. The van der Waals surface area contributed by atoms with Crippen molar-refractivity contribution in [3.05, 3.63) is 22.8 Å². The molecule has 2 fully saturated rings. The van der Waals surface area contributed by atoms with Gasteiger partial charge < -0.3 is 14.4 Å². The molecule has 0 N–H and O–H groups in total. The summed E-state index contributed by atoms with van der Waals surface area (Å²) in [5, 5.41) is 0.379. The topological polar surface area (TPSA) is 51.7 Å². The third-order valence-electron chi connectivity index (χ3n) is 3.86. The van der Waals surface area contributed by atoms with Gasteiger partial charge >= 0.3 is 0 Å². The third-order valence-corrected chi connectivity index (χ3v) is 4.13. The van der Waals surface area contributed by atoms with Gasteiger partial charge in [0.25, 0.3) is 5.91 Å². The van der Waals surface area contributed by atoms with Crippen molar-refractivity contribution in [2.45, 2.75) is 31.8 Å². The van der Waals surface area contributed by atoms with E-state index in [0.717, 1.165) is 32.4 Å². The number of aromatic nitrogens is 1. The second-order valence-electron chi connectivity index (χ2n) is 5.47. The second kappa shape index (κ2) is 6.62. The van der Waals surface area contributed by atoms with Crippen LogP contribution in [0.5, 0.6) is 5.88 Å². The van der Waals surface area contributed by atoms with Crippen LogP contribution in [-0.2, 0) is 4.74 Å². The number of carbonyl (C=O) groups is 1. The number of ether oxygens (including phenoxy) is 2. The number of likely N-dealkylation sites (tertiary alicyclic amines) is 1. The Morgan fingerprint density at radius 1 is 1.38 bits per heavy atom. The summed E-state index contributed by atoms with van der Waals surface area (Å²) in [5.74, 6) is 0.377. The van der Waals surface area contributed by atoms with E-state index in [1.165, 1.54) is 6.42 Å². The largest absolute Gasteiger partial charge is 0.471 e. The number of piperidine rings is 1. The molecule has 3 heterocycles. The zero-order chi connectivity index (χ0) is 14.7. The molecule has 1 unspecified atom stereocenters. The molecule has 0 spiro atoms. The first-order chi connectivity index (χ1) is 10.2. The molecule has 0 aliphatic carbocycles.